The van der Waals surface area contributed by atoms with Crippen LogP contribution in [0.5, 0.6) is 5.75 Å². The van der Waals surface area contributed by atoms with Gasteiger partial charge in [0.2, 0.25) is 11.8 Å². The third-order valence-electron chi connectivity index (χ3n) is 9.19. The second kappa shape index (κ2) is 12.2. The zero-order chi connectivity index (χ0) is 28.3. The number of hydrogen-bond donors (Lipinski definition) is 1. The van der Waals surface area contributed by atoms with Crippen LogP contribution in [0.15, 0.2) is 42.5 Å². The molecule has 3 fully saturated rings. The molecule has 4 aliphatic rings. The summed E-state index contributed by atoms with van der Waals surface area (Å²) >= 11 is 0. The van der Waals surface area contributed by atoms with Gasteiger partial charge in [-0.15, -0.1) is 0 Å². The predicted octanol–water partition coefficient (Wildman–Crippen LogP) is 3.02. The normalized spacial score (nSPS) is 24.0. The number of carbonyl (C=O) groups excluding carboxylic acids is 3. The van der Waals surface area contributed by atoms with E-state index in [0.717, 1.165) is 63.5 Å². The third kappa shape index (κ3) is 6.11. The van der Waals surface area contributed by atoms with Crippen LogP contribution in [0.1, 0.15) is 60.5 Å². The van der Waals surface area contributed by atoms with Crippen molar-refractivity contribution in [1.29, 1.82) is 0 Å². The highest BCUT2D eigenvalue weighted by Crippen LogP contribution is 2.31. The van der Waals surface area contributed by atoms with Crippen molar-refractivity contribution >= 4 is 23.4 Å². The summed E-state index contributed by atoms with van der Waals surface area (Å²) in [5.74, 6) is -0.0740. The van der Waals surface area contributed by atoms with Crippen molar-refractivity contribution in [3.63, 3.8) is 0 Å². The first-order valence-corrected chi connectivity index (χ1v) is 15.2. The lowest BCUT2D eigenvalue weighted by molar-refractivity contribution is -0.136. The molecular formula is C32H41N5O4. The second-order valence-electron chi connectivity index (χ2n) is 11.7. The molecular weight excluding hydrogens is 518 g/mol. The number of hydrogen-bond acceptors (Lipinski definition) is 7. The molecule has 2 aromatic carbocycles. The Hall–Kier alpha value is -3.43. The largest absolute Gasteiger partial charge is 0.492 e. The van der Waals surface area contributed by atoms with Gasteiger partial charge in [0.25, 0.3) is 5.91 Å². The number of ether oxygens (including phenoxy) is 1. The maximum absolute atomic E-state index is 13.0. The first-order chi connectivity index (χ1) is 20.0. The number of benzene rings is 2. The molecule has 0 bridgehead atoms. The van der Waals surface area contributed by atoms with E-state index in [0.29, 0.717) is 31.2 Å². The zero-order valence-corrected chi connectivity index (χ0v) is 24.0. The van der Waals surface area contributed by atoms with Gasteiger partial charge >= 0.3 is 0 Å². The molecule has 41 heavy (non-hydrogen) atoms. The number of likely N-dealkylation sites (N-methyl/N-ethyl adjacent to an activating group) is 1. The molecule has 0 aromatic heterocycles. The van der Waals surface area contributed by atoms with Crippen molar-refractivity contribution in [3.8, 4) is 5.75 Å². The SMILES string of the molecule is CCN1CCN(c2ccc(CN3CCCCC3COc3ccc4c(c3)CN(C3CCC(=O)NC3=O)C4=O)cc2)CC1. The molecule has 0 aliphatic carbocycles. The summed E-state index contributed by atoms with van der Waals surface area (Å²) < 4.78 is 6.30. The molecule has 0 spiro atoms. The Balaban J connectivity index is 1.04. The lowest BCUT2D eigenvalue weighted by atomic mass is 10.0. The van der Waals surface area contributed by atoms with Crippen LogP contribution in [0, 0.1) is 0 Å². The Morgan fingerprint density at radius 2 is 1.73 bits per heavy atom. The van der Waals surface area contributed by atoms with Crippen LogP contribution in [0.3, 0.4) is 0 Å². The molecule has 9 nitrogen and oxygen atoms in total. The highest BCUT2D eigenvalue weighted by molar-refractivity contribution is 6.05. The lowest BCUT2D eigenvalue weighted by Crippen LogP contribution is -2.52. The fourth-order valence-corrected chi connectivity index (χ4v) is 6.66. The smallest absolute Gasteiger partial charge is 0.255 e. The molecule has 3 amide bonds. The van der Waals surface area contributed by atoms with Crippen molar-refractivity contribution < 1.29 is 19.1 Å². The summed E-state index contributed by atoms with van der Waals surface area (Å²) in [6.07, 6.45) is 4.12. The lowest BCUT2D eigenvalue weighted by Gasteiger charge is -2.36. The van der Waals surface area contributed by atoms with Gasteiger partial charge in [-0.2, -0.15) is 0 Å². The van der Waals surface area contributed by atoms with Crippen LogP contribution < -0.4 is 15.0 Å². The molecule has 6 rings (SSSR count). The standard InChI is InChI=1S/C32H41N5O4/c1-2-34-15-17-35(18-16-34)25-8-6-23(7-9-25)20-36-14-4-3-5-26(36)22-41-27-10-11-28-24(19-27)21-37(32(28)40)29-12-13-30(38)33-31(29)39/h6-11,19,26,29H,2-5,12-18,20-22H2,1H3,(H,33,38,39). The third-order valence-corrected chi connectivity index (χ3v) is 9.19. The summed E-state index contributed by atoms with van der Waals surface area (Å²) in [5.41, 5.74) is 4.12. The molecule has 2 atom stereocenters. The van der Waals surface area contributed by atoms with E-state index in [1.165, 1.54) is 24.1 Å². The zero-order valence-electron chi connectivity index (χ0n) is 24.0. The maximum atomic E-state index is 13.0. The minimum Gasteiger partial charge on any atom is -0.492 e. The summed E-state index contributed by atoms with van der Waals surface area (Å²) in [6, 6.07) is 14.4. The number of anilines is 1. The molecule has 218 valence electrons. The molecule has 4 aliphatic heterocycles. The van der Waals surface area contributed by atoms with Gasteiger partial charge in [-0.1, -0.05) is 25.5 Å². The van der Waals surface area contributed by atoms with Crippen molar-refractivity contribution in [2.75, 3.05) is 50.8 Å². The molecule has 4 heterocycles. The van der Waals surface area contributed by atoms with E-state index in [-0.39, 0.29) is 24.1 Å². The van der Waals surface area contributed by atoms with Crippen LogP contribution in [0.2, 0.25) is 0 Å². The number of piperidine rings is 2. The number of amides is 3. The van der Waals surface area contributed by atoms with Gasteiger partial charge in [0, 0.05) is 63.0 Å². The minimum atomic E-state index is -0.604. The highest BCUT2D eigenvalue weighted by Gasteiger charge is 2.39. The molecule has 3 saturated heterocycles. The van der Waals surface area contributed by atoms with Gasteiger partial charge in [0.05, 0.1) is 0 Å². The van der Waals surface area contributed by atoms with Crippen LogP contribution in [0.4, 0.5) is 5.69 Å². The number of nitrogens with one attached hydrogen (secondary N) is 1. The average molecular weight is 560 g/mol. The number of piperazine rings is 1. The Kier molecular flexibility index (Phi) is 8.25. The maximum Gasteiger partial charge on any atom is 0.255 e. The predicted molar refractivity (Wildman–Crippen MR) is 157 cm³/mol. The summed E-state index contributed by atoms with van der Waals surface area (Å²) in [5, 5.41) is 2.36. The molecule has 1 N–H and O–H groups in total. The Morgan fingerprint density at radius 3 is 2.49 bits per heavy atom. The fraction of sp³-hybridized carbons (Fsp3) is 0.531. The van der Waals surface area contributed by atoms with E-state index in [2.05, 4.69) is 51.2 Å². The summed E-state index contributed by atoms with van der Waals surface area (Å²) in [7, 11) is 0. The first kappa shape index (κ1) is 27.7. The number of rotatable bonds is 8. The first-order valence-electron chi connectivity index (χ1n) is 15.2. The molecule has 2 unspecified atom stereocenters. The van der Waals surface area contributed by atoms with Gasteiger partial charge in [-0.3, -0.25) is 24.6 Å². The van der Waals surface area contributed by atoms with Crippen molar-refractivity contribution in [1.82, 2.24) is 20.0 Å². The topological polar surface area (TPSA) is 85.4 Å². The number of fused-ring (bicyclic) bond motifs is 1. The van der Waals surface area contributed by atoms with Gasteiger partial charge in [-0.05, 0) is 73.8 Å². The molecule has 0 saturated carbocycles. The van der Waals surface area contributed by atoms with E-state index in [9.17, 15) is 14.4 Å². The molecule has 9 heteroatoms. The van der Waals surface area contributed by atoms with E-state index in [4.69, 9.17) is 4.74 Å². The second-order valence-corrected chi connectivity index (χ2v) is 11.7. The van der Waals surface area contributed by atoms with E-state index < -0.39 is 6.04 Å². The summed E-state index contributed by atoms with van der Waals surface area (Å²) in [4.78, 5) is 46.0. The minimum absolute atomic E-state index is 0.159. The van der Waals surface area contributed by atoms with Gasteiger partial charge in [0.15, 0.2) is 0 Å². The van der Waals surface area contributed by atoms with Crippen molar-refractivity contribution in [2.24, 2.45) is 0 Å². The monoisotopic (exact) mass is 559 g/mol. The van der Waals surface area contributed by atoms with Crippen LogP contribution in [0.25, 0.3) is 0 Å². The number of likely N-dealkylation sites (tertiary alicyclic amines) is 1. The average Bonchev–Trinajstić information content (AvgIpc) is 3.32. The fourth-order valence-electron chi connectivity index (χ4n) is 6.66. The van der Waals surface area contributed by atoms with E-state index in [1.807, 2.05) is 12.1 Å². The quantitative estimate of drug-likeness (QED) is 0.498. The van der Waals surface area contributed by atoms with Gasteiger partial charge in [-0.25, -0.2) is 0 Å². The number of nitrogens with zero attached hydrogens (tertiary/aromatic N) is 4. The van der Waals surface area contributed by atoms with Crippen molar-refractivity contribution in [2.45, 2.75) is 64.2 Å². The van der Waals surface area contributed by atoms with Crippen LogP contribution in [-0.2, 0) is 22.7 Å². The van der Waals surface area contributed by atoms with Crippen LogP contribution >= 0.6 is 0 Å². The molecule has 0 radical (unpaired) electrons. The van der Waals surface area contributed by atoms with E-state index in [1.54, 1.807) is 11.0 Å². The molecule has 2 aromatic rings. The summed E-state index contributed by atoms with van der Waals surface area (Å²) in [6.45, 7) is 10.7. The van der Waals surface area contributed by atoms with E-state index >= 15 is 0 Å². The Labute approximate surface area is 242 Å². The van der Waals surface area contributed by atoms with Crippen LogP contribution in [-0.4, -0.2) is 90.4 Å². The number of carbonyl (C=O) groups is 3. The highest BCUT2D eigenvalue weighted by atomic mass is 16.5. The van der Waals surface area contributed by atoms with Gasteiger partial charge < -0.3 is 19.4 Å². The van der Waals surface area contributed by atoms with Gasteiger partial charge in [0.1, 0.15) is 18.4 Å². The number of imide groups is 1. The Morgan fingerprint density at radius 1 is 0.927 bits per heavy atom. The Bertz CT molecular complexity index is 1270. The van der Waals surface area contributed by atoms with Crippen molar-refractivity contribution in [3.05, 3.63) is 59.2 Å².